The van der Waals surface area contributed by atoms with Crippen molar-refractivity contribution in [1.29, 1.82) is 0 Å². The van der Waals surface area contributed by atoms with Gasteiger partial charge in [-0.25, -0.2) is 9.97 Å². The third-order valence-electron chi connectivity index (χ3n) is 6.09. The molecule has 1 saturated heterocycles. The maximum Gasteiger partial charge on any atom is 0.225 e. The first kappa shape index (κ1) is 15.1. The molecule has 2 fully saturated rings. The molecule has 2 aliphatic carbocycles. The molecule has 7 nitrogen and oxygen atoms in total. The minimum atomic E-state index is -2.28. The Morgan fingerprint density at radius 3 is 2.86 bits per heavy atom. The SMILES string of the molecule is [2H]C1([2H])c2sc3ncnc(OC4CCC(N5CCOCC5)CC4)c3c2[C@@H](CC(N)=O)C1([2H])[2H]. The predicted molar refractivity (Wildman–Crippen MR) is 111 cm³/mol. The van der Waals surface area contributed by atoms with E-state index in [2.05, 4.69) is 14.9 Å². The summed E-state index contributed by atoms with van der Waals surface area (Å²) in [6.07, 6.45) is 0.354. The highest BCUT2D eigenvalue weighted by Gasteiger charge is 2.33. The fraction of sp³-hybridized carbons (Fsp3) is 0.667. The highest BCUT2D eigenvalue weighted by Crippen LogP contribution is 2.47. The van der Waals surface area contributed by atoms with Gasteiger partial charge in [0.05, 0.1) is 18.6 Å². The number of amides is 1. The van der Waals surface area contributed by atoms with E-state index >= 15 is 0 Å². The average Bonchev–Trinajstić information content (AvgIpc) is 3.24. The molecule has 1 amide bonds. The molecule has 0 unspecified atom stereocenters. The van der Waals surface area contributed by atoms with Crippen molar-refractivity contribution in [2.75, 3.05) is 26.3 Å². The van der Waals surface area contributed by atoms with Crippen LogP contribution in [0.5, 0.6) is 5.88 Å². The number of primary amides is 1. The number of thiophene rings is 1. The molecule has 1 atom stereocenters. The fourth-order valence-electron chi connectivity index (χ4n) is 4.65. The van der Waals surface area contributed by atoms with Gasteiger partial charge in [-0.1, -0.05) is 0 Å². The topological polar surface area (TPSA) is 90.6 Å². The molecule has 2 aromatic rings. The molecular formula is C21H28N4O3S. The molecule has 2 aromatic heterocycles. The van der Waals surface area contributed by atoms with Gasteiger partial charge in [0.25, 0.3) is 0 Å². The van der Waals surface area contributed by atoms with Crippen LogP contribution in [0, 0.1) is 0 Å². The summed E-state index contributed by atoms with van der Waals surface area (Å²) in [5.41, 5.74) is 5.85. The standard InChI is InChI=1S/C21H28N4O3S/c22-17(26)11-13-1-6-16-18(13)19-20(23-12-24-21(19)29-16)28-15-4-2-14(3-5-15)25-7-9-27-10-8-25/h12-15H,1-11H2,(H2,22,26)/t13-,14?,15?/m1/s1/i1D2,6D2. The zero-order chi connectivity index (χ0) is 23.4. The Balaban J connectivity index is 1.42. The second-order valence-electron chi connectivity index (χ2n) is 7.89. The van der Waals surface area contributed by atoms with Crippen molar-refractivity contribution in [2.24, 2.45) is 5.73 Å². The van der Waals surface area contributed by atoms with Crippen LogP contribution in [-0.2, 0) is 15.9 Å². The van der Waals surface area contributed by atoms with Crippen molar-refractivity contribution < 1.29 is 19.8 Å². The lowest BCUT2D eigenvalue weighted by atomic mass is 9.91. The maximum absolute atomic E-state index is 11.7. The Hall–Kier alpha value is -1.77. The van der Waals surface area contributed by atoms with Crippen molar-refractivity contribution >= 4 is 27.5 Å². The first-order valence-electron chi connectivity index (χ1n) is 12.2. The van der Waals surface area contributed by atoms with Gasteiger partial charge in [-0.05, 0) is 49.9 Å². The van der Waals surface area contributed by atoms with Crippen LogP contribution in [0.15, 0.2) is 6.33 Å². The monoisotopic (exact) mass is 420 g/mol. The van der Waals surface area contributed by atoms with Gasteiger partial charge < -0.3 is 15.2 Å². The van der Waals surface area contributed by atoms with Crippen LogP contribution < -0.4 is 10.5 Å². The summed E-state index contributed by atoms with van der Waals surface area (Å²) in [7, 11) is 0. The van der Waals surface area contributed by atoms with Crippen LogP contribution in [0.1, 0.15) is 60.3 Å². The molecule has 2 N–H and O–H groups in total. The van der Waals surface area contributed by atoms with Crippen LogP contribution in [0.2, 0.25) is 0 Å². The van der Waals surface area contributed by atoms with E-state index in [4.69, 9.17) is 20.7 Å². The van der Waals surface area contributed by atoms with Crippen LogP contribution in [0.3, 0.4) is 0 Å². The Morgan fingerprint density at radius 1 is 1.31 bits per heavy atom. The molecule has 0 spiro atoms. The molecule has 1 aliphatic heterocycles. The van der Waals surface area contributed by atoms with Crippen LogP contribution in [0.25, 0.3) is 10.2 Å². The molecule has 3 aliphatic rings. The summed E-state index contributed by atoms with van der Waals surface area (Å²) in [6, 6.07) is 0.531. The minimum Gasteiger partial charge on any atom is -0.474 e. The number of carbonyl (C=O) groups is 1. The smallest absolute Gasteiger partial charge is 0.225 e. The van der Waals surface area contributed by atoms with Gasteiger partial charge in [0, 0.05) is 35.9 Å². The minimum absolute atomic E-state index is 0.0274. The zero-order valence-electron chi connectivity index (χ0n) is 20.2. The quantitative estimate of drug-likeness (QED) is 0.800. The summed E-state index contributed by atoms with van der Waals surface area (Å²) in [5, 5.41) is 0.518. The third-order valence-corrected chi connectivity index (χ3v) is 7.12. The van der Waals surface area contributed by atoms with Crippen LogP contribution >= 0.6 is 11.3 Å². The molecule has 29 heavy (non-hydrogen) atoms. The second kappa shape index (κ2) is 8.16. The van der Waals surface area contributed by atoms with Crippen LogP contribution in [-0.4, -0.2) is 59.2 Å². The lowest BCUT2D eigenvalue weighted by molar-refractivity contribution is -0.118. The number of nitrogens with two attached hydrogens (primary N) is 1. The zero-order valence-corrected chi connectivity index (χ0v) is 17.0. The number of rotatable bonds is 5. The van der Waals surface area contributed by atoms with Gasteiger partial charge in [0.15, 0.2) is 0 Å². The first-order valence-corrected chi connectivity index (χ1v) is 11.1. The second-order valence-corrected chi connectivity index (χ2v) is 8.89. The molecule has 3 heterocycles. The molecule has 8 heteroatoms. The van der Waals surface area contributed by atoms with Crippen LogP contribution in [0.4, 0.5) is 0 Å². The highest BCUT2D eigenvalue weighted by atomic mass is 32.1. The summed E-state index contributed by atoms with van der Waals surface area (Å²) >= 11 is 1.11. The van der Waals surface area contributed by atoms with Gasteiger partial charge in [0.2, 0.25) is 11.8 Å². The molecule has 0 radical (unpaired) electrons. The summed E-state index contributed by atoms with van der Waals surface area (Å²) in [6.45, 7) is 3.50. The lowest BCUT2D eigenvalue weighted by Crippen LogP contribution is -2.46. The van der Waals surface area contributed by atoms with E-state index in [0.29, 0.717) is 27.7 Å². The van der Waals surface area contributed by atoms with Crippen molar-refractivity contribution in [3.05, 3.63) is 16.8 Å². The van der Waals surface area contributed by atoms with Gasteiger partial charge in [0.1, 0.15) is 17.3 Å². The normalized spacial score (nSPS) is 33.3. The van der Waals surface area contributed by atoms with Gasteiger partial charge in [-0.3, -0.25) is 9.69 Å². The third kappa shape index (κ3) is 3.85. The van der Waals surface area contributed by atoms with E-state index in [-0.39, 0.29) is 17.4 Å². The fourth-order valence-corrected chi connectivity index (χ4v) is 5.71. The van der Waals surface area contributed by atoms with Gasteiger partial charge in [-0.15, -0.1) is 11.3 Å². The Bertz CT molecular complexity index is 1050. The van der Waals surface area contributed by atoms with E-state index in [0.717, 1.165) is 63.3 Å². The largest absolute Gasteiger partial charge is 0.474 e. The number of ether oxygens (including phenoxy) is 2. The number of aryl methyl sites for hydroxylation is 1. The number of morpholine rings is 1. The average molecular weight is 421 g/mol. The lowest BCUT2D eigenvalue weighted by Gasteiger charge is -2.38. The number of aromatic nitrogens is 2. The molecule has 0 aromatic carbocycles. The first-order chi connectivity index (χ1) is 15.7. The summed E-state index contributed by atoms with van der Waals surface area (Å²) in [5.74, 6) is -1.35. The van der Waals surface area contributed by atoms with Gasteiger partial charge in [-0.2, -0.15) is 0 Å². The van der Waals surface area contributed by atoms with Crippen molar-refractivity contribution in [2.45, 2.75) is 62.9 Å². The number of hydrogen-bond donors (Lipinski definition) is 1. The van der Waals surface area contributed by atoms with E-state index in [1.54, 1.807) is 0 Å². The molecule has 5 rings (SSSR count). The number of hydrogen-bond acceptors (Lipinski definition) is 7. The van der Waals surface area contributed by atoms with E-state index in [1.807, 2.05) is 0 Å². The summed E-state index contributed by atoms with van der Waals surface area (Å²) < 4.78 is 45.6. The van der Waals surface area contributed by atoms with Gasteiger partial charge >= 0.3 is 0 Å². The van der Waals surface area contributed by atoms with Crippen molar-refractivity contribution in [3.63, 3.8) is 0 Å². The number of fused-ring (bicyclic) bond motifs is 3. The molecule has 1 saturated carbocycles. The van der Waals surface area contributed by atoms with E-state index in [9.17, 15) is 4.79 Å². The highest BCUT2D eigenvalue weighted by molar-refractivity contribution is 7.19. The molecule has 0 bridgehead atoms. The van der Waals surface area contributed by atoms with Crippen molar-refractivity contribution in [1.82, 2.24) is 14.9 Å². The maximum atomic E-state index is 11.7. The number of nitrogens with zero attached hydrogens (tertiary/aromatic N) is 3. The Morgan fingerprint density at radius 2 is 2.10 bits per heavy atom. The Labute approximate surface area is 180 Å². The number of carbonyl (C=O) groups excluding carboxylic acids is 1. The van der Waals surface area contributed by atoms with E-state index < -0.39 is 24.6 Å². The predicted octanol–water partition coefficient (Wildman–Crippen LogP) is 2.62. The molecule has 156 valence electrons. The summed E-state index contributed by atoms with van der Waals surface area (Å²) in [4.78, 5) is 23.7. The van der Waals surface area contributed by atoms with Crippen molar-refractivity contribution in [3.8, 4) is 5.88 Å². The van der Waals surface area contributed by atoms with E-state index in [1.165, 1.54) is 6.33 Å². The Kier molecular flexibility index (Phi) is 4.25. The molecular weight excluding hydrogens is 388 g/mol.